The molecule has 2 rings (SSSR count). The zero-order valence-corrected chi connectivity index (χ0v) is 13.9. The fourth-order valence-electron chi connectivity index (χ4n) is 3.64. The van der Waals surface area contributed by atoms with E-state index in [1.54, 1.807) is 6.92 Å². The molecule has 0 aliphatic heterocycles. The second kappa shape index (κ2) is 8.31. The maximum atomic E-state index is 12.0. The fourth-order valence-corrected chi connectivity index (χ4v) is 3.64. The van der Waals surface area contributed by atoms with Gasteiger partial charge in [0, 0.05) is 0 Å². The molecule has 0 spiro atoms. The van der Waals surface area contributed by atoms with Crippen LogP contribution in [0.15, 0.2) is 0 Å². The van der Waals surface area contributed by atoms with E-state index < -0.39 is 5.97 Å². The first-order valence-corrected chi connectivity index (χ1v) is 8.50. The fraction of sp³-hybridized carbons (Fsp3) is 0.824. The lowest BCUT2D eigenvalue weighted by Crippen LogP contribution is -2.46. The van der Waals surface area contributed by atoms with E-state index in [9.17, 15) is 14.4 Å². The molecule has 23 heavy (non-hydrogen) atoms. The van der Waals surface area contributed by atoms with Gasteiger partial charge in [-0.3, -0.25) is 9.59 Å². The van der Waals surface area contributed by atoms with Gasteiger partial charge in [0.2, 0.25) is 0 Å². The number of esters is 2. The zero-order valence-electron chi connectivity index (χ0n) is 13.9. The molecule has 6 heteroatoms. The largest absolute Gasteiger partial charge is 0.465 e. The summed E-state index contributed by atoms with van der Waals surface area (Å²) in [4.78, 5) is 34.1. The summed E-state index contributed by atoms with van der Waals surface area (Å²) in [5, 5.41) is 0. The Kier molecular flexibility index (Phi) is 6.42. The van der Waals surface area contributed by atoms with Crippen LogP contribution in [0.5, 0.6) is 0 Å². The first-order valence-electron chi connectivity index (χ1n) is 8.50. The minimum absolute atomic E-state index is 0.0685. The van der Waals surface area contributed by atoms with E-state index in [1.165, 1.54) is 0 Å². The number of carbonyl (C=O) groups excluding carboxylic acids is 3. The Balaban J connectivity index is 1.83. The van der Waals surface area contributed by atoms with E-state index in [4.69, 9.17) is 14.2 Å². The average molecular weight is 326 g/mol. The second-order valence-corrected chi connectivity index (χ2v) is 6.65. The third-order valence-corrected chi connectivity index (χ3v) is 5.07. The standard InChI is InChI=1S/C17H26O6/c1-3-11(2)17(20)21-9-15(19)23-16-12-5-4-6-13(16)8-14(7-12)22-10-18/h10-14,16H,3-9H2,1-2H3. The predicted molar refractivity (Wildman–Crippen MR) is 81.3 cm³/mol. The van der Waals surface area contributed by atoms with Crippen LogP contribution in [-0.4, -0.2) is 37.2 Å². The highest BCUT2D eigenvalue weighted by Crippen LogP contribution is 2.42. The Labute approximate surface area is 136 Å². The Bertz CT molecular complexity index is 421. The Morgan fingerprint density at radius 2 is 1.87 bits per heavy atom. The molecule has 0 aromatic heterocycles. The monoisotopic (exact) mass is 326 g/mol. The predicted octanol–water partition coefficient (Wildman–Crippen LogP) is 2.24. The highest BCUT2D eigenvalue weighted by atomic mass is 16.6. The number of rotatable bonds is 7. The molecule has 3 unspecified atom stereocenters. The SMILES string of the molecule is CCC(C)C(=O)OCC(=O)OC1C2CCCC1CC(OC=O)C2. The van der Waals surface area contributed by atoms with Crippen LogP contribution in [0, 0.1) is 17.8 Å². The summed E-state index contributed by atoms with van der Waals surface area (Å²) in [5.74, 6) is -0.618. The molecule has 0 radical (unpaired) electrons. The van der Waals surface area contributed by atoms with Gasteiger partial charge in [-0.1, -0.05) is 20.3 Å². The van der Waals surface area contributed by atoms with E-state index in [0.29, 0.717) is 12.9 Å². The number of hydrogen-bond acceptors (Lipinski definition) is 6. The van der Waals surface area contributed by atoms with Gasteiger partial charge in [0.25, 0.3) is 6.47 Å². The van der Waals surface area contributed by atoms with Crippen LogP contribution >= 0.6 is 0 Å². The second-order valence-electron chi connectivity index (χ2n) is 6.65. The van der Waals surface area contributed by atoms with Gasteiger partial charge >= 0.3 is 11.9 Å². The van der Waals surface area contributed by atoms with E-state index in [0.717, 1.165) is 32.1 Å². The van der Waals surface area contributed by atoms with Crippen molar-refractivity contribution in [3.05, 3.63) is 0 Å². The third kappa shape index (κ3) is 4.69. The lowest BCUT2D eigenvalue weighted by atomic mass is 9.69. The van der Waals surface area contributed by atoms with Gasteiger partial charge in [0.05, 0.1) is 5.92 Å². The topological polar surface area (TPSA) is 78.9 Å². The first kappa shape index (κ1) is 17.8. The number of fused-ring (bicyclic) bond motifs is 2. The Morgan fingerprint density at radius 3 is 2.43 bits per heavy atom. The van der Waals surface area contributed by atoms with Gasteiger partial charge < -0.3 is 14.2 Å². The summed E-state index contributed by atoms with van der Waals surface area (Å²) < 4.78 is 15.7. The van der Waals surface area contributed by atoms with Crippen molar-refractivity contribution in [1.82, 2.24) is 0 Å². The van der Waals surface area contributed by atoms with Crippen LogP contribution in [0.2, 0.25) is 0 Å². The molecule has 0 aromatic rings. The van der Waals surface area contributed by atoms with Crippen molar-refractivity contribution < 1.29 is 28.6 Å². The van der Waals surface area contributed by atoms with Crippen molar-refractivity contribution >= 4 is 18.4 Å². The summed E-state index contributed by atoms with van der Waals surface area (Å²) in [5.41, 5.74) is 0. The average Bonchev–Trinajstić information content (AvgIpc) is 2.52. The van der Waals surface area contributed by atoms with Crippen LogP contribution in [0.1, 0.15) is 52.4 Å². The molecule has 2 aliphatic carbocycles. The Morgan fingerprint density at radius 1 is 1.22 bits per heavy atom. The molecular formula is C17H26O6. The van der Waals surface area contributed by atoms with Crippen molar-refractivity contribution in [2.75, 3.05) is 6.61 Å². The molecule has 0 heterocycles. The van der Waals surface area contributed by atoms with Crippen LogP contribution in [0.4, 0.5) is 0 Å². The number of ether oxygens (including phenoxy) is 3. The lowest BCUT2D eigenvalue weighted by molar-refractivity contribution is -0.176. The maximum absolute atomic E-state index is 12.0. The molecule has 0 aromatic carbocycles. The van der Waals surface area contributed by atoms with Crippen molar-refractivity contribution in [2.24, 2.45) is 17.8 Å². The van der Waals surface area contributed by atoms with Gasteiger partial charge in [-0.05, 0) is 43.9 Å². The molecule has 0 N–H and O–H groups in total. The molecular weight excluding hydrogens is 300 g/mol. The van der Waals surface area contributed by atoms with E-state index in [1.807, 2.05) is 6.92 Å². The molecule has 0 saturated heterocycles. The number of carbonyl (C=O) groups is 3. The van der Waals surface area contributed by atoms with Gasteiger partial charge in [-0.15, -0.1) is 0 Å². The Hall–Kier alpha value is -1.59. The first-order chi connectivity index (χ1) is 11.0. The smallest absolute Gasteiger partial charge is 0.344 e. The summed E-state index contributed by atoms with van der Waals surface area (Å²) in [6, 6.07) is 0. The van der Waals surface area contributed by atoms with Crippen molar-refractivity contribution in [2.45, 2.75) is 64.6 Å². The minimum atomic E-state index is -0.488. The van der Waals surface area contributed by atoms with Gasteiger partial charge in [0.15, 0.2) is 6.61 Å². The van der Waals surface area contributed by atoms with Crippen LogP contribution in [0.25, 0.3) is 0 Å². The molecule has 2 saturated carbocycles. The quantitative estimate of drug-likeness (QED) is 0.405. The van der Waals surface area contributed by atoms with Gasteiger partial charge in [-0.2, -0.15) is 0 Å². The summed E-state index contributed by atoms with van der Waals surface area (Å²) in [6.45, 7) is 3.84. The molecule has 2 aliphatic rings. The van der Waals surface area contributed by atoms with Gasteiger partial charge in [-0.25, -0.2) is 4.79 Å². The van der Waals surface area contributed by atoms with E-state index >= 15 is 0 Å². The van der Waals surface area contributed by atoms with Crippen LogP contribution in [-0.2, 0) is 28.6 Å². The molecule has 2 fully saturated rings. The zero-order chi connectivity index (χ0) is 16.8. The highest BCUT2D eigenvalue weighted by molar-refractivity contribution is 5.77. The number of hydrogen-bond donors (Lipinski definition) is 0. The normalized spacial score (nSPS) is 30.9. The molecule has 6 nitrogen and oxygen atoms in total. The maximum Gasteiger partial charge on any atom is 0.344 e. The molecule has 3 atom stereocenters. The van der Waals surface area contributed by atoms with Crippen LogP contribution in [0.3, 0.4) is 0 Å². The van der Waals surface area contributed by atoms with E-state index in [-0.39, 0.29) is 42.5 Å². The van der Waals surface area contributed by atoms with Crippen molar-refractivity contribution in [1.29, 1.82) is 0 Å². The van der Waals surface area contributed by atoms with Gasteiger partial charge in [0.1, 0.15) is 12.2 Å². The van der Waals surface area contributed by atoms with Crippen LogP contribution < -0.4 is 0 Å². The molecule has 2 bridgehead atoms. The third-order valence-electron chi connectivity index (χ3n) is 5.07. The lowest BCUT2D eigenvalue weighted by Gasteiger charge is -2.44. The summed E-state index contributed by atoms with van der Waals surface area (Å²) in [6.07, 6.45) is 4.99. The van der Waals surface area contributed by atoms with E-state index in [2.05, 4.69) is 0 Å². The summed E-state index contributed by atoms with van der Waals surface area (Å²) >= 11 is 0. The van der Waals surface area contributed by atoms with Crippen molar-refractivity contribution in [3.63, 3.8) is 0 Å². The molecule has 130 valence electrons. The minimum Gasteiger partial charge on any atom is -0.465 e. The van der Waals surface area contributed by atoms with Crippen molar-refractivity contribution in [3.8, 4) is 0 Å². The summed E-state index contributed by atoms with van der Waals surface area (Å²) in [7, 11) is 0. The molecule has 0 amide bonds. The highest BCUT2D eigenvalue weighted by Gasteiger charge is 2.43.